The van der Waals surface area contributed by atoms with E-state index in [9.17, 15) is 10.1 Å². The van der Waals surface area contributed by atoms with E-state index in [4.69, 9.17) is 5.73 Å². The topological polar surface area (TPSA) is 99.0 Å². The highest BCUT2D eigenvalue weighted by molar-refractivity contribution is 5.60. The van der Waals surface area contributed by atoms with Crippen LogP contribution in [-0.2, 0) is 26.6 Å². The van der Waals surface area contributed by atoms with Crippen LogP contribution in [-0.4, -0.2) is 14.7 Å². The molecule has 0 aliphatic heterocycles. The van der Waals surface area contributed by atoms with Gasteiger partial charge in [0, 0.05) is 20.1 Å². The molecule has 0 saturated heterocycles. The third-order valence-corrected chi connectivity index (χ3v) is 3.39. The van der Waals surface area contributed by atoms with E-state index in [1.54, 1.807) is 7.05 Å². The van der Waals surface area contributed by atoms with Gasteiger partial charge in [-0.3, -0.25) is 10.1 Å². The van der Waals surface area contributed by atoms with Gasteiger partial charge in [-0.05, 0) is 17.5 Å². The average molecular weight is 289 g/mol. The highest BCUT2D eigenvalue weighted by Crippen LogP contribution is 2.28. The number of nitrogens with one attached hydrogen (secondary N) is 1. The zero-order chi connectivity index (χ0) is 15.4. The van der Waals surface area contributed by atoms with Crippen molar-refractivity contribution in [3.05, 3.63) is 51.2 Å². The zero-order valence-electron chi connectivity index (χ0n) is 12.2. The lowest BCUT2D eigenvalue weighted by atomic mass is 10.1. The first-order valence-corrected chi connectivity index (χ1v) is 6.79. The molecule has 0 spiro atoms. The molecule has 3 N–H and O–H groups in total. The van der Waals surface area contributed by atoms with Gasteiger partial charge >= 0.3 is 5.69 Å². The van der Waals surface area contributed by atoms with Gasteiger partial charge in [-0.2, -0.15) is 5.10 Å². The number of hydrogen-bond donors (Lipinski definition) is 2. The van der Waals surface area contributed by atoms with E-state index in [0.717, 1.165) is 11.1 Å². The van der Waals surface area contributed by atoms with E-state index >= 15 is 0 Å². The summed E-state index contributed by atoms with van der Waals surface area (Å²) >= 11 is 0. The van der Waals surface area contributed by atoms with Crippen molar-refractivity contribution >= 4 is 11.5 Å². The Bertz CT molecular complexity index is 651. The minimum Gasteiger partial charge on any atom is -0.360 e. The second-order valence-electron chi connectivity index (χ2n) is 4.70. The summed E-state index contributed by atoms with van der Waals surface area (Å²) in [6.45, 7) is 2.76. The molecular weight excluding hydrogens is 270 g/mol. The monoisotopic (exact) mass is 289 g/mol. The van der Waals surface area contributed by atoms with Gasteiger partial charge in [0.15, 0.2) is 0 Å². The molecule has 0 saturated carbocycles. The molecule has 0 aliphatic carbocycles. The summed E-state index contributed by atoms with van der Waals surface area (Å²) < 4.78 is 1.52. The minimum absolute atomic E-state index is 0.0465. The third kappa shape index (κ3) is 3.03. The van der Waals surface area contributed by atoms with E-state index in [-0.39, 0.29) is 10.6 Å². The van der Waals surface area contributed by atoms with Crippen LogP contribution >= 0.6 is 0 Å². The van der Waals surface area contributed by atoms with Crippen molar-refractivity contribution in [2.75, 3.05) is 5.32 Å². The molecule has 0 aliphatic rings. The molecule has 0 bridgehead atoms. The van der Waals surface area contributed by atoms with Crippen LogP contribution in [0, 0.1) is 10.1 Å². The molecule has 2 rings (SSSR count). The van der Waals surface area contributed by atoms with Gasteiger partial charge in [0.25, 0.3) is 0 Å². The molecule has 112 valence electrons. The van der Waals surface area contributed by atoms with E-state index < -0.39 is 0 Å². The summed E-state index contributed by atoms with van der Waals surface area (Å²) in [6, 6.07) is 7.75. The number of nitrogens with two attached hydrogens (primary N) is 1. The molecule has 0 atom stereocenters. The van der Waals surface area contributed by atoms with Crippen LogP contribution in [0.5, 0.6) is 0 Å². The molecule has 1 aromatic carbocycles. The number of rotatable bonds is 6. The Morgan fingerprint density at radius 1 is 1.38 bits per heavy atom. The second-order valence-corrected chi connectivity index (χ2v) is 4.70. The summed E-state index contributed by atoms with van der Waals surface area (Å²) in [7, 11) is 1.70. The third-order valence-electron chi connectivity index (χ3n) is 3.39. The normalized spacial score (nSPS) is 10.6. The van der Waals surface area contributed by atoms with Crippen molar-refractivity contribution in [2.24, 2.45) is 12.8 Å². The maximum atomic E-state index is 11.2. The first-order chi connectivity index (χ1) is 10.1. The zero-order valence-corrected chi connectivity index (χ0v) is 12.2. The molecule has 1 aromatic heterocycles. The largest absolute Gasteiger partial charge is 0.360 e. The number of nitrogens with zero attached hydrogens (tertiary/aromatic N) is 3. The molecule has 0 fully saturated rings. The fourth-order valence-corrected chi connectivity index (χ4v) is 2.30. The summed E-state index contributed by atoms with van der Waals surface area (Å²) in [5, 5.41) is 18.5. The van der Waals surface area contributed by atoms with Gasteiger partial charge in [-0.1, -0.05) is 31.2 Å². The quantitative estimate of drug-likeness (QED) is 0.625. The summed E-state index contributed by atoms with van der Waals surface area (Å²) in [5.41, 5.74) is 8.27. The van der Waals surface area contributed by atoms with Crippen LogP contribution in [0.4, 0.5) is 11.5 Å². The van der Waals surface area contributed by atoms with E-state index in [2.05, 4.69) is 10.4 Å². The maximum Gasteiger partial charge on any atom is 0.333 e. The van der Waals surface area contributed by atoms with E-state index in [1.807, 2.05) is 31.2 Å². The molecular formula is C14H19N5O2. The predicted octanol–water partition coefficient (Wildman–Crippen LogP) is 1.96. The van der Waals surface area contributed by atoms with Crippen LogP contribution in [0.1, 0.15) is 23.7 Å². The number of aryl methyl sites for hydroxylation is 2. The van der Waals surface area contributed by atoms with Crippen molar-refractivity contribution in [3.63, 3.8) is 0 Å². The van der Waals surface area contributed by atoms with Crippen LogP contribution < -0.4 is 11.1 Å². The van der Waals surface area contributed by atoms with Crippen molar-refractivity contribution in [2.45, 2.75) is 26.4 Å². The number of benzene rings is 1. The van der Waals surface area contributed by atoms with Crippen molar-refractivity contribution in [1.82, 2.24) is 9.78 Å². The minimum atomic E-state index is -0.386. The summed E-state index contributed by atoms with van der Waals surface area (Å²) in [5.74, 6) is 0.420. The van der Waals surface area contributed by atoms with Gasteiger partial charge in [0.2, 0.25) is 5.82 Å². The fourth-order valence-electron chi connectivity index (χ4n) is 2.30. The van der Waals surface area contributed by atoms with Crippen LogP contribution in [0.25, 0.3) is 0 Å². The molecule has 0 radical (unpaired) electrons. The lowest BCUT2D eigenvalue weighted by Crippen LogP contribution is -2.09. The predicted molar refractivity (Wildman–Crippen MR) is 80.9 cm³/mol. The van der Waals surface area contributed by atoms with E-state index in [0.29, 0.717) is 31.0 Å². The number of anilines is 1. The number of hydrogen-bond acceptors (Lipinski definition) is 5. The molecule has 2 aromatic rings. The van der Waals surface area contributed by atoms with Crippen molar-refractivity contribution in [3.8, 4) is 0 Å². The van der Waals surface area contributed by atoms with Gasteiger partial charge in [-0.25, -0.2) is 4.68 Å². The van der Waals surface area contributed by atoms with Crippen LogP contribution in [0.3, 0.4) is 0 Å². The molecule has 0 amide bonds. The SMILES string of the molecule is CCc1nn(C)c(NCc2ccccc2CN)c1[N+](=O)[O-]. The highest BCUT2D eigenvalue weighted by atomic mass is 16.6. The average Bonchev–Trinajstić information content (AvgIpc) is 2.81. The summed E-state index contributed by atoms with van der Waals surface area (Å²) in [4.78, 5) is 10.9. The number of aromatic nitrogens is 2. The smallest absolute Gasteiger partial charge is 0.333 e. The Kier molecular flexibility index (Phi) is 4.54. The number of nitro groups is 1. The molecule has 7 nitrogen and oxygen atoms in total. The summed E-state index contributed by atoms with van der Waals surface area (Å²) in [6.07, 6.45) is 0.519. The second kappa shape index (κ2) is 6.36. The highest BCUT2D eigenvalue weighted by Gasteiger charge is 2.25. The van der Waals surface area contributed by atoms with Crippen LogP contribution in [0.15, 0.2) is 24.3 Å². The molecule has 1 heterocycles. The Morgan fingerprint density at radius 2 is 2.05 bits per heavy atom. The lowest BCUT2D eigenvalue weighted by molar-refractivity contribution is -0.384. The lowest BCUT2D eigenvalue weighted by Gasteiger charge is -2.09. The first kappa shape index (κ1) is 15.0. The Hall–Kier alpha value is -2.41. The molecule has 21 heavy (non-hydrogen) atoms. The maximum absolute atomic E-state index is 11.2. The molecule has 0 unspecified atom stereocenters. The fraction of sp³-hybridized carbons (Fsp3) is 0.357. The Labute approximate surface area is 122 Å². The molecule has 7 heteroatoms. The van der Waals surface area contributed by atoms with Gasteiger partial charge in [-0.15, -0.1) is 0 Å². The van der Waals surface area contributed by atoms with Gasteiger partial charge in [0.05, 0.1) is 4.92 Å². The Morgan fingerprint density at radius 3 is 2.62 bits per heavy atom. The van der Waals surface area contributed by atoms with Gasteiger partial charge < -0.3 is 11.1 Å². The standard InChI is InChI=1S/C14H19N5O2/c1-3-12-13(19(20)21)14(18(2)17-12)16-9-11-7-5-4-6-10(11)8-15/h4-7,16H,3,8-9,15H2,1-2H3. The van der Waals surface area contributed by atoms with Gasteiger partial charge in [0.1, 0.15) is 5.69 Å². The van der Waals surface area contributed by atoms with Crippen LogP contribution in [0.2, 0.25) is 0 Å². The first-order valence-electron chi connectivity index (χ1n) is 6.79. The van der Waals surface area contributed by atoms with Crippen molar-refractivity contribution < 1.29 is 4.92 Å². The Balaban J connectivity index is 2.28. The van der Waals surface area contributed by atoms with E-state index in [1.165, 1.54) is 4.68 Å². The van der Waals surface area contributed by atoms with Crippen molar-refractivity contribution in [1.29, 1.82) is 0 Å².